The van der Waals surface area contributed by atoms with Crippen LogP contribution in [0.5, 0.6) is 0 Å². The lowest BCUT2D eigenvalue weighted by Gasteiger charge is -2.34. The second-order valence-corrected chi connectivity index (χ2v) is 11.5. The number of aliphatic hydroxyl groups is 2. The van der Waals surface area contributed by atoms with E-state index in [9.17, 15) is 33.7 Å². The molecular weight excluding hydrogens is 560 g/mol. The summed E-state index contributed by atoms with van der Waals surface area (Å²) >= 11 is 11.8. The van der Waals surface area contributed by atoms with Gasteiger partial charge in [-0.1, -0.05) is 17.5 Å². The van der Waals surface area contributed by atoms with Crippen molar-refractivity contribution in [2.75, 3.05) is 0 Å². The van der Waals surface area contributed by atoms with Gasteiger partial charge in [-0.15, -0.1) is 0 Å². The van der Waals surface area contributed by atoms with Crippen LogP contribution in [0.2, 0.25) is 0 Å². The number of nitrogens with zero attached hydrogens (tertiary/aromatic N) is 3. The standard InChI is InChI=1S/C11H17Cl2N4O13P3/c1-5(28-32(23,24)30-33(25,26)29-31(20,21)22)7-8(18)11(13,2-3-12)9(27-7)17-10(19)16-6(14)4-15-17/h4-5,7-10,18-19H,1H3,(H2,14,16)(H,23,24)(H,25,26)(H2,20,21,22)/t5-,7-,8+,9-,10?,11?/m1/s1. The van der Waals surface area contributed by atoms with Crippen LogP contribution >= 0.6 is 46.7 Å². The summed E-state index contributed by atoms with van der Waals surface area (Å²) in [5, 5.41) is 27.2. The van der Waals surface area contributed by atoms with Crippen LogP contribution in [0.4, 0.5) is 0 Å². The van der Waals surface area contributed by atoms with Crippen LogP contribution in [-0.4, -0.2) is 82.6 Å². The Bertz CT molecular complexity index is 1030. The summed E-state index contributed by atoms with van der Waals surface area (Å²) in [6.45, 7) is 1.03. The number of phosphoric acid groups is 3. The molecule has 0 spiro atoms. The second kappa shape index (κ2) is 10.2. The van der Waals surface area contributed by atoms with Crippen LogP contribution in [0.1, 0.15) is 6.92 Å². The van der Waals surface area contributed by atoms with Gasteiger partial charge in [0, 0.05) is 5.38 Å². The second-order valence-electron chi connectivity index (χ2n) is 6.31. The van der Waals surface area contributed by atoms with Crippen LogP contribution < -0.4 is 5.73 Å². The normalized spacial score (nSPS) is 34.6. The lowest BCUT2D eigenvalue weighted by Crippen LogP contribution is -2.53. The van der Waals surface area contributed by atoms with E-state index < -0.39 is 59.2 Å². The zero-order chi connectivity index (χ0) is 25.4. The molecule has 0 aliphatic carbocycles. The highest BCUT2D eigenvalue weighted by Crippen LogP contribution is 2.66. The van der Waals surface area contributed by atoms with Crippen molar-refractivity contribution in [1.82, 2.24) is 5.01 Å². The highest BCUT2D eigenvalue weighted by Gasteiger charge is 2.60. The predicted octanol–water partition coefficient (Wildman–Crippen LogP) is -1.08. The van der Waals surface area contributed by atoms with Gasteiger partial charge in [0.15, 0.2) is 11.1 Å². The van der Waals surface area contributed by atoms with Crippen LogP contribution in [0, 0.1) is 11.3 Å². The molecule has 0 amide bonds. The van der Waals surface area contributed by atoms with Gasteiger partial charge in [0.25, 0.3) is 0 Å². The zero-order valence-electron chi connectivity index (χ0n) is 16.0. The van der Waals surface area contributed by atoms with E-state index in [1.165, 1.54) is 0 Å². The molecule has 2 aliphatic rings. The molecule has 0 aromatic carbocycles. The van der Waals surface area contributed by atoms with Gasteiger partial charge in [0.1, 0.15) is 18.0 Å². The minimum Gasteiger partial charge on any atom is -0.387 e. The number of aliphatic imine (C=N–C) groups is 1. The largest absolute Gasteiger partial charge is 0.490 e. The quantitative estimate of drug-likeness (QED) is 0.103. The number of aliphatic hydroxyl groups excluding tert-OH is 2. The van der Waals surface area contributed by atoms with Crippen molar-refractivity contribution in [3.63, 3.8) is 0 Å². The van der Waals surface area contributed by atoms with Crippen LogP contribution in [-0.2, 0) is 31.6 Å². The van der Waals surface area contributed by atoms with E-state index in [1.807, 2.05) is 5.38 Å². The van der Waals surface area contributed by atoms with E-state index in [1.54, 1.807) is 0 Å². The summed E-state index contributed by atoms with van der Waals surface area (Å²) in [6, 6.07) is 0. The van der Waals surface area contributed by atoms with E-state index in [0.29, 0.717) is 0 Å². The number of amidine groups is 1. The number of hydrogen-bond donors (Lipinski definition) is 7. The van der Waals surface area contributed by atoms with E-state index in [-0.39, 0.29) is 5.84 Å². The highest BCUT2D eigenvalue weighted by atomic mass is 35.5. The molecule has 1 saturated heterocycles. The third kappa shape index (κ3) is 7.18. The minimum absolute atomic E-state index is 0.154. The van der Waals surface area contributed by atoms with Gasteiger partial charge < -0.3 is 40.3 Å². The molecule has 188 valence electrons. The average Bonchev–Trinajstić information content (AvgIpc) is 2.83. The Hall–Kier alpha value is -0.630. The van der Waals surface area contributed by atoms with Gasteiger partial charge in [-0.25, -0.2) is 23.7 Å². The number of phosphoric ester groups is 1. The van der Waals surface area contributed by atoms with Gasteiger partial charge in [-0.2, -0.15) is 13.7 Å². The lowest BCUT2D eigenvalue weighted by atomic mass is 9.97. The van der Waals surface area contributed by atoms with Gasteiger partial charge >= 0.3 is 23.5 Å². The van der Waals surface area contributed by atoms with Gasteiger partial charge in [0.05, 0.1) is 12.3 Å². The Labute approximate surface area is 195 Å². The molecule has 0 saturated carbocycles. The van der Waals surface area contributed by atoms with E-state index in [2.05, 4.69) is 29.2 Å². The number of hydrazone groups is 1. The molecule has 2 rings (SSSR count). The molecule has 8 N–H and O–H groups in total. The first-order valence-corrected chi connectivity index (χ1v) is 13.5. The topological polar surface area (TPSA) is 263 Å². The van der Waals surface area contributed by atoms with Crippen molar-refractivity contribution >= 4 is 58.7 Å². The van der Waals surface area contributed by atoms with Crippen LogP contribution in [0.3, 0.4) is 0 Å². The smallest absolute Gasteiger partial charge is 0.387 e. The van der Waals surface area contributed by atoms with Crippen molar-refractivity contribution in [3.8, 4) is 11.3 Å². The molecule has 0 aromatic rings. The maximum absolute atomic E-state index is 12.1. The summed E-state index contributed by atoms with van der Waals surface area (Å²) < 4.78 is 51.6. The third-order valence-electron chi connectivity index (χ3n) is 3.87. The molecule has 1 fully saturated rings. The Morgan fingerprint density at radius 3 is 2.36 bits per heavy atom. The molecule has 8 atom stereocenters. The maximum atomic E-state index is 12.1. The van der Waals surface area contributed by atoms with Crippen LogP contribution in [0.15, 0.2) is 10.1 Å². The monoisotopic (exact) mass is 576 g/mol. The van der Waals surface area contributed by atoms with E-state index in [0.717, 1.165) is 18.1 Å². The molecule has 2 heterocycles. The van der Waals surface area contributed by atoms with Gasteiger partial charge in [-0.05, 0) is 18.5 Å². The first kappa shape index (κ1) is 28.6. The van der Waals surface area contributed by atoms with Gasteiger partial charge in [0.2, 0.25) is 6.35 Å². The first-order valence-electron chi connectivity index (χ1n) is 8.22. The predicted molar refractivity (Wildman–Crippen MR) is 109 cm³/mol. The first-order chi connectivity index (χ1) is 14.9. The molecule has 22 heteroatoms. The van der Waals surface area contributed by atoms with E-state index >= 15 is 0 Å². The van der Waals surface area contributed by atoms with Crippen molar-refractivity contribution in [1.29, 1.82) is 0 Å². The van der Waals surface area contributed by atoms with Gasteiger partial charge in [-0.3, -0.25) is 4.52 Å². The average molecular weight is 577 g/mol. The van der Waals surface area contributed by atoms with Crippen molar-refractivity contribution in [2.24, 2.45) is 15.8 Å². The lowest BCUT2D eigenvalue weighted by molar-refractivity contribution is -0.144. The molecule has 17 nitrogen and oxygen atoms in total. The number of rotatable bonds is 8. The fourth-order valence-electron chi connectivity index (χ4n) is 2.70. The molecular formula is C11H17Cl2N4O13P3. The number of ether oxygens (including phenoxy) is 1. The molecule has 33 heavy (non-hydrogen) atoms. The number of halogens is 2. The molecule has 0 bridgehead atoms. The zero-order valence-corrected chi connectivity index (χ0v) is 20.2. The minimum atomic E-state index is -5.78. The SMILES string of the molecule is C[C@@H](OP(=O)(O)OP(=O)(O)OP(=O)(O)O)[C@H]1O[C@@H](N2N=CC(N)=NC2O)C(Cl)(C#CCl)[C@H]1O. The highest BCUT2D eigenvalue weighted by molar-refractivity contribution is 7.66. The summed E-state index contributed by atoms with van der Waals surface area (Å²) in [6.07, 6.45) is -7.50. The van der Waals surface area contributed by atoms with Crippen molar-refractivity contribution in [2.45, 2.75) is 42.7 Å². The fraction of sp³-hybridized carbons (Fsp3) is 0.636. The third-order valence-corrected chi connectivity index (χ3v) is 8.39. The Morgan fingerprint density at radius 1 is 1.24 bits per heavy atom. The number of hydrogen-bond acceptors (Lipinski definition) is 13. The number of nitrogens with two attached hydrogens (primary N) is 1. The van der Waals surface area contributed by atoms with Crippen molar-refractivity contribution in [3.05, 3.63) is 0 Å². The van der Waals surface area contributed by atoms with Crippen LogP contribution in [0.25, 0.3) is 0 Å². The maximum Gasteiger partial charge on any atom is 0.490 e. The summed E-state index contributed by atoms with van der Waals surface area (Å²) in [7, 11) is -16.9. The molecule has 4 unspecified atom stereocenters. The summed E-state index contributed by atoms with van der Waals surface area (Å²) in [5.74, 6) is 2.10. The summed E-state index contributed by atoms with van der Waals surface area (Å²) in [5.41, 5.74) is 5.42. The van der Waals surface area contributed by atoms with E-state index in [4.69, 9.17) is 43.5 Å². The molecule has 0 aromatic heterocycles. The Kier molecular flexibility index (Phi) is 8.81. The Balaban J connectivity index is 2.24. The van der Waals surface area contributed by atoms with Crippen molar-refractivity contribution < 1.29 is 61.4 Å². The number of alkyl halides is 1. The summed E-state index contributed by atoms with van der Waals surface area (Å²) in [4.78, 5) is 37.5. The fourth-order valence-corrected chi connectivity index (χ4v) is 6.43. The Morgan fingerprint density at radius 2 is 1.85 bits per heavy atom. The molecule has 2 aliphatic heterocycles. The molecule has 0 radical (unpaired) electrons.